The average Bonchev–Trinajstić information content (AvgIpc) is 2.94. The van der Waals surface area contributed by atoms with Crippen LogP contribution >= 0.6 is 11.8 Å². The number of aromatic nitrogens is 2. The highest BCUT2D eigenvalue weighted by Crippen LogP contribution is 2.30. The summed E-state index contributed by atoms with van der Waals surface area (Å²) in [6.45, 7) is 3.69. The lowest BCUT2D eigenvalue weighted by atomic mass is 10.1. The van der Waals surface area contributed by atoms with Crippen LogP contribution in [0.3, 0.4) is 0 Å². The summed E-state index contributed by atoms with van der Waals surface area (Å²) in [6, 6.07) is 8.94. The van der Waals surface area contributed by atoms with E-state index in [0.717, 1.165) is 11.3 Å². The molecule has 3 N–H and O–H groups in total. The third kappa shape index (κ3) is 3.86. The van der Waals surface area contributed by atoms with Crippen LogP contribution in [-0.2, 0) is 10.5 Å². The number of rotatable bonds is 6. The van der Waals surface area contributed by atoms with Gasteiger partial charge in [-0.25, -0.2) is 4.68 Å². The van der Waals surface area contributed by atoms with Gasteiger partial charge >= 0.3 is 5.97 Å². The van der Waals surface area contributed by atoms with Crippen LogP contribution in [0.1, 0.15) is 19.4 Å². The van der Waals surface area contributed by atoms with E-state index >= 15 is 0 Å². The molecular formula is C15H19N3O2S. The van der Waals surface area contributed by atoms with Crippen molar-refractivity contribution < 1.29 is 9.90 Å². The molecule has 1 atom stereocenters. The number of hydrogen-bond donors (Lipinski definition) is 2. The lowest BCUT2D eigenvalue weighted by Crippen LogP contribution is -2.46. The molecule has 0 saturated heterocycles. The van der Waals surface area contributed by atoms with Gasteiger partial charge in [0.2, 0.25) is 0 Å². The van der Waals surface area contributed by atoms with Gasteiger partial charge in [0.05, 0.1) is 11.9 Å². The molecule has 0 aliphatic heterocycles. The Balaban J connectivity index is 2.02. The molecule has 2 aromatic rings. The van der Waals surface area contributed by atoms with Gasteiger partial charge in [0.1, 0.15) is 6.04 Å². The molecule has 1 aromatic heterocycles. The summed E-state index contributed by atoms with van der Waals surface area (Å²) >= 11 is 1.52. The molecule has 0 radical (unpaired) electrons. The summed E-state index contributed by atoms with van der Waals surface area (Å²) in [7, 11) is 0. The van der Waals surface area contributed by atoms with E-state index in [1.807, 2.05) is 50.4 Å². The fourth-order valence-corrected chi connectivity index (χ4v) is 2.78. The number of carbonyl (C=O) groups is 1. The molecule has 6 heteroatoms. The van der Waals surface area contributed by atoms with Crippen molar-refractivity contribution in [1.29, 1.82) is 0 Å². The molecule has 2 rings (SSSR count). The van der Waals surface area contributed by atoms with E-state index in [1.165, 1.54) is 11.8 Å². The van der Waals surface area contributed by atoms with E-state index < -0.39 is 16.8 Å². The Morgan fingerprint density at radius 1 is 1.43 bits per heavy atom. The number of carboxylic acid groups (broad SMARTS) is 1. The van der Waals surface area contributed by atoms with E-state index in [1.54, 1.807) is 10.9 Å². The second kappa shape index (κ2) is 6.32. The highest BCUT2D eigenvalue weighted by atomic mass is 32.2. The Morgan fingerprint density at radius 3 is 2.71 bits per heavy atom. The molecular weight excluding hydrogens is 286 g/mol. The van der Waals surface area contributed by atoms with Crippen molar-refractivity contribution in [2.45, 2.75) is 30.4 Å². The Labute approximate surface area is 128 Å². The molecule has 21 heavy (non-hydrogen) atoms. The van der Waals surface area contributed by atoms with Crippen LogP contribution in [0.4, 0.5) is 0 Å². The van der Waals surface area contributed by atoms with E-state index in [0.29, 0.717) is 5.75 Å². The molecule has 0 saturated carbocycles. The zero-order chi connectivity index (χ0) is 15.5. The molecule has 0 bridgehead atoms. The van der Waals surface area contributed by atoms with Crippen LogP contribution in [0.15, 0.2) is 42.7 Å². The molecule has 112 valence electrons. The molecule has 1 heterocycles. The Kier molecular flexibility index (Phi) is 4.69. The van der Waals surface area contributed by atoms with Crippen LogP contribution in [0.2, 0.25) is 0 Å². The first-order valence-electron chi connectivity index (χ1n) is 6.61. The predicted molar refractivity (Wildman–Crippen MR) is 84.5 cm³/mol. The van der Waals surface area contributed by atoms with Gasteiger partial charge in [-0.15, -0.1) is 11.8 Å². The van der Waals surface area contributed by atoms with Crippen molar-refractivity contribution in [2.24, 2.45) is 5.73 Å². The summed E-state index contributed by atoms with van der Waals surface area (Å²) in [5, 5.41) is 13.3. The van der Waals surface area contributed by atoms with Gasteiger partial charge < -0.3 is 10.8 Å². The van der Waals surface area contributed by atoms with Crippen LogP contribution in [0.5, 0.6) is 0 Å². The largest absolute Gasteiger partial charge is 0.480 e. The van der Waals surface area contributed by atoms with E-state index in [2.05, 4.69) is 5.10 Å². The van der Waals surface area contributed by atoms with E-state index in [-0.39, 0.29) is 0 Å². The highest BCUT2D eigenvalue weighted by Gasteiger charge is 2.32. The fourth-order valence-electron chi connectivity index (χ4n) is 1.81. The zero-order valence-corrected chi connectivity index (χ0v) is 12.9. The van der Waals surface area contributed by atoms with Crippen LogP contribution < -0.4 is 5.73 Å². The van der Waals surface area contributed by atoms with E-state index in [9.17, 15) is 4.79 Å². The molecule has 0 aliphatic rings. The van der Waals surface area contributed by atoms with Gasteiger partial charge in [-0.3, -0.25) is 4.79 Å². The summed E-state index contributed by atoms with van der Waals surface area (Å²) in [4.78, 5) is 11.0. The Hall–Kier alpha value is -1.79. The second-order valence-electron chi connectivity index (χ2n) is 5.34. The second-order valence-corrected chi connectivity index (χ2v) is 6.97. The van der Waals surface area contributed by atoms with Crippen molar-refractivity contribution in [3.05, 3.63) is 48.3 Å². The van der Waals surface area contributed by atoms with Gasteiger partial charge in [0, 0.05) is 22.3 Å². The SMILES string of the molecule is CC(C)(SCc1cnn(-c2ccccc2)c1)[C@H](N)C(=O)O. The quantitative estimate of drug-likeness (QED) is 0.856. The first-order valence-corrected chi connectivity index (χ1v) is 7.60. The number of nitrogens with two attached hydrogens (primary N) is 1. The maximum Gasteiger partial charge on any atom is 0.321 e. The number of hydrogen-bond acceptors (Lipinski definition) is 4. The predicted octanol–water partition coefficient (Wildman–Crippen LogP) is 2.30. The van der Waals surface area contributed by atoms with Gasteiger partial charge in [0.15, 0.2) is 0 Å². The first-order chi connectivity index (χ1) is 9.90. The average molecular weight is 305 g/mol. The standard InChI is InChI=1S/C15H19N3O2S/c1-15(2,13(16)14(19)20)21-10-11-8-17-18(9-11)12-6-4-3-5-7-12/h3-9,13H,10,16H2,1-2H3,(H,19,20)/t13-/m1/s1. The summed E-state index contributed by atoms with van der Waals surface area (Å²) in [5.74, 6) is -0.312. The molecule has 0 aliphatic carbocycles. The fraction of sp³-hybridized carbons (Fsp3) is 0.333. The maximum atomic E-state index is 11.0. The smallest absolute Gasteiger partial charge is 0.321 e. The normalized spacial score (nSPS) is 13.1. The minimum atomic E-state index is -0.979. The monoisotopic (exact) mass is 305 g/mol. The number of nitrogens with zero attached hydrogens (tertiary/aromatic N) is 2. The van der Waals surface area contributed by atoms with Gasteiger partial charge in [-0.1, -0.05) is 18.2 Å². The molecule has 0 fully saturated rings. The molecule has 1 aromatic carbocycles. The lowest BCUT2D eigenvalue weighted by molar-refractivity contribution is -0.139. The summed E-state index contributed by atoms with van der Waals surface area (Å²) < 4.78 is 1.26. The van der Waals surface area contributed by atoms with Gasteiger partial charge in [0.25, 0.3) is 0 Å². The van der Waals surface area contributed by atoms with Crippen molar-refractivity contribution in [2.75, 3.05) is 0 Å². The molecule has 5 nitrogen and oxygen atoms in total. The number of para-hydroxylation sites is 1. The summed E-state index contributed by atoms with van der Waals surface area (Å²) in [6.07, 6.45) is 3.74. The third-order valence-electron chi connectivity index (χ3n) is 3.28. The number of benzene rings is 1. The Bertz CT molecular complexity index is 610. The molecule has 0 unspecified atom stereocenters. The number of carboxylic acids is 1. The Morgan fingerprint density at radius 2 is 2.10 bits per heavy atom. The van der Waals surface area contributed by atoms with Crippen molar-refractivity contribution in [3.8, 4) is 5.69 Å². The minimum absolute atomic E-state index is 0.541. The lowest BCUT2D eigenvalue weighted by Gasteiger charge is -2.27. The number of thioether (sulfide) groups is 1. The topological polar surface area (TPSA) is 81.1 Å². The zero-order valence-electron chi connectivity index (χ0n) is 12.1. The van der Waals surface area contributed by atoms with Crippen molar-refractivity contribution in [3.63, 3.8) is 0 Å². The molecule has 0 spiro atoms. The van der Waals surface area contributed by atoms with Crippen LogP contribution in [0, 0.1) is 0 Å². The van der Waals surface area contributed by atoms with Gasteiger partial charge in [-0.05, 0) is 26.0 Å². The minimum Gasteiger partial charge on any atom is -0.480 e. The van der Waals surface area contributed by atoms with Crippen LogP contribution in [0.25, 0.3) is 5.69 Å². The summed E-state index contributed by atoms with van der Waals surface area (Å²) in [5.41, 5.74) is 7.75. The van der Waals surface area contributed by atoms with Crippen LogP contribution in [-0.4, -0.2) is 31.6 Å². The highest BCUT2D eigenvalue weighted by molar-refractivity contribution is 7.99. The van der Waals surface area contributed by atoms with Crippen molar-refractivity contribution >= 4 is 17.7 Å². The third-order valence-corrected chi connectivity index (χ3v) is 4.76. The van der Waals surface area contributed by atoms with Crippen molar-refractivity contribution in [1.82, 2.24) is 9.78 Å². The number of aliphatic carboxylic acids is 1. The van der Waals surface area contributed by atoms with E-state index in [4.69, 9.17) is 10.8 Å². The van der Waals surface area contributed by atoms with Gasteiger partial charge in [-0.2, -0.15) is 5.10 Å². The maximum absolute atomic E-state index is 11.0. The molecule has 0 amide bonds. The first kappa shape index (κ1) is 15.6.